The number of benzene rings is 2. The van der Waals surface area contributed by atoms with Crippen LogP contribution in [0.4, 0.5) is 0 Å². The van der Waals surface area contributed by atoms with Crippen LogP contribution in [0, 0.1) is 5.92 Å². The maximum Gasteiger partial charge on any atom is 0.338 e. The summed E-state index contributed by atoms with van der Waals surface area (Å²) in [4.78, 5) is 23.3. The highest BCUT2D eigenvalue weighted by atomic mass is 16.5. The van der Waals surface area contributed by atoms with Crippen molar-refractivity contribution in [3.05, 3.63) is 65.2 Å². The van der Waals surface area contributed by atoms with Gasteiger partial charge in [-0.25, -0.2) is 4.79 Å². The quantitative estimate of drug-likeness (QED) is 0.581. The maximum atomic E-state index is 12.0. The molecule has 0 saturated carbocycles. The molecule has 0 fully saturated rings. The average Bonchev–Trinajstić information content (AvgIpc) is 2.70. The van der Waals surface area contributed by atoms with Crippen LogP contribution in [0.5, 0.6) is 5.75 Å². The molecular weight excluding hydrogens is 356 g/mol. The molecule has 2 unspecified atom stereocenters. The molecule has 0 aliphatic rings. The second kappa shape index (κ2) is 10.5. The molecular formula is C23H28O5. The molecule has 0 aliphatic heterocycles. The summed E-state index contributed by atoms with van der Waals surface area (Å²) in [5.74, 6) is -0.575. The Hall–Kier alpha value is -2.82. The van der Waals surface area contributed by atoms with E-state index in [1.165, 1.54) is 0 Å². The Bertz CT molecular complexity index is 782. The molecule has 2 aromatic rings. The van der Waals surface area contributed by atoms with Gasteiger partial charge in [0.05, 0.1) is 18.1 Å². The second-order valence-electron chi connectivity index (χ2n) is 6.82. The van der Waals surface area contributed by atoms with E-state index in [1.54, 1.807) is 19.1 Å². The standard InChI is InChI=1S/C23H28O5/c1-4-17(22(24)25)14-16(3)18-10-12-20(13-11-18)28-15-19-8-6-7-9-21(19)23(26)27-5-2/h6-13,16-17H,4-5,14-15H2,1-3H3,(H,24,25). The third-order valence-corrected chi connectivity index (χ3v) is 4.84. The van der Waals surface area contributed by atoms with E-state index in [9.17, 15) is 14.7 Å². The molecule has 0 bridgehead atoms. The first kappa shape index (κ1) is 21.5. The van der Waals surface area contributed by atoms with Crippen molar-refractivity contribution >= 4 is 11.9 Å². The van der Waals surface area contributed by atoms with Crippen molar-refractivity contribution in [1.82, 2.24) is 0 Å². The van der Waals surface area contributed by atoms with E-state index in [0.29, 0.717) is 30.8 Å². The number of carboxylic acids is 1. The third kappa shape index (κ3) is 5.84. The molecule has 0 saturated heterocycles. The SMILES string of the molecule is CCOC(=O)c1ccccc1COc1ccc(C(C)CC(CC)C(=O)O)cc1. The molecule has 0 spiro atoms. The highest BCUT2D eigenvalue weighted by molar-refractivity contribution is 5.91. The van der Waals surface area contributed by atoms with Gasteiger partial charge in [0.25, 0.3) is 0 Å². The van der Waals surface area contributed by atoms with Crippen LogP contribution in [0.25, 0.3) is 0 Å². The molecule has 5 nitrogen and oxygen atoms in total. The number of aliphatic carboxylic acids is 1. The fourth-order valence-corrected chi connectivity index (χ4v) is 3.11. The Labute approximate surface area is 166 Å². The molecule has 0 amide bonds. The van der Waals surface area contributed by atoms with E-state index in [2.05, 4.69) is 0 Å². The number of hydrogen-bond donors (Lipinski definition) is 1. The molecule has 0 heterocycles. The molecule has 2 aromatic carbocycles. The largest absolute Gasteiger partial charge is 0.489 e. The van der Waals surface area contributed by atoms with Gasteiger partial charge in [0, 0.05) is 5.56 Å². The van der Waals surface area contributed by atoms with Crippen molar-refractivity contribution in [3.63, 3.8) is 0 Å². The van der Waals surface area contributed by atoms with Gasteiger partial charge < -0.3 is 14.6 Å². The average molecular weight is 384 g/mol. The van der Waals surface area contributed by atoms with Gasteiger partial charge in [0.1, 0.15) is 12.4 Å². The summed E-state index contributed by atoms with van der Waals surface area (Å²) in [6, 6.07) is 14.9. The molecule has 150 valence electrons. The van der Waals surface area contributed by atoms with Crippen LogP contribution in [0.3, 0.4) is 0 Å². The number of rotatable bonds is 10. The zero-order chi connectivity index (χ0) is 20.5. The zero-order valence-electron chi connectivity index (χ0n) is 16.7. The van der Waals surface area contributed by atoms with E-state index in [1.807, 2.05) is 50.2 Å². The minimum atomic E-state index is -0.741. The van der Waals surface area contributed by atoms with Gasteiger partial charge >= 0.3 is 11.9 Å². The van der Waals surface area contributed by atoms with Gasteiger partial charge in [0.15, 0.2) is 0 Å². The van der Waals surface area contributed by atoms with E-state index < -0.39 is 5.97 Å². The van der Waals surface area contributed by atoms with Gasteiger partial charge in [-0.15, -0.1) is 0 Å². The Morgan fingerprint density at radius 3 is 2.32 bits per heavy atom. The molecule has 5 heteroatoms. The molecule has 2 rings (SSSR count). The summed E-state index contributed by atoms with van der Waals surface area (Å²) in [6.07, 6.45) is 1.24. The fourth-order valence-electron chi connectivity index (χ4n) is 3.11. The van der Waals surface area contributed by atoms with Crippen molar-refractivity contribution in [3.8, 4) is 5.75 Å². The van der Waals surface area contributed by atoms with E-state index in [0.717, 1.165) is 11.1 Å². The van der Waals surface area contributed by atoms with Gasteiger partial charge in [-0.05, 0) is 49.4 Å². The van der Waals surface area contributed by atoms with Crippen molar-refractivity contribution in [2.75, 3.05) is 6.61 Å². The predicted octanol–water partition coefficient (Wildman–Crippen LogP) is 5.05. The maximum absolute atomic E-state index is 12.0. The van der Waals surface area contributed by atoms with Crippen molar-refractivity contribution in [1.29, 1.82) is 0 Å². The summed E-state index contributed by atoms with van der Waals surface area (Å²) < 4.78 is 10.9. The van der Waals surface area contributed by atoms with Gasteiger partial charge in [-0.2, -0.15) is 0 Å². The zero-order valence-corrected chi connectivity index (χ0v) is 16.7. The lowest BCUT2D eigenvalue weighted by molar-refractivity contribution is -0.142. The number of carbonyl (C=O) groups excluding carboxylic acids is 1. The van der Waals surface area contributed by atoms with Crippen LogP contribution in [0.1, 0.15) is 61.0 Å². The Balaban J connectivity index is 2.00. The van der Waals surface area contributed by atoms with Crippen molar-refractivity contribution in [2.24, 2.45) is 5.92 Å². The topological polar surface area (TPSA) is 72.8 Å². The molecule has 0 aliphatic carbocycles. The van der Waals surface area contributed by atoms with Crippen molar-refractivity contribution in [2.45, 2.75) is 46.1 Å². The molecule has 2 atom stereocenters. The first-order chi connectivity index (χ1) is 13.5. The number of hydrogen-bond acceptors (Lipinski definition) is 4. The number of ether oxygens (including phenoxy) is 2. The van der Waals surface area contributed by atoms with Crippen LogP contribution < -0.4 is 4.74 Å². The lowest BCUT2D eigenvalue weighted by atomic mass is 9.89. The third-order valence-electron chi connectivity index (χ3n) is 4.84. The molecule has 0 radical (unpaired) electrons. The van der Waals surface area contributed by atoms with Crippen LogP contribution in [-0.2, 0) is 16.1 Å². The lowest BCUT2D eigenvalue weighted by Crippen LogP contribution is -2.15. The predicted molar refractivity (Wildman–Crippen MR) is 108 cm³/mol. The summed E-state index contributed by atoms with van der Waals surface area (Å²) in [7, 11) is 0. The molecule has 28 heavy (non-hydrogen) atoms. The monoisotopic (exact) mass is 384 g/mol. The number of carboxylic acid groups (broad SMARTS) is 1. The summed E-state index contributed by atoms with van der Waals surface area (Å²) in [5.41, 5.74) is 2.36. The highest BCUT2D eigenvalue weighted by Gasteiger charge is 2.19. The van der Waals surface area contributed by atoms with E-state index >= 15 is 0 Å². The lowest BCUT2D eigenvalue weighted by Gasteiger charge is -2.17. The smallest absolute Gasteiger partial charge is 0.338 e. The van der Waals surface area contributed by atoms with Crippen molar-refractivity contribution < 1.29 is 24.2 Å². The summed E-state index contributed by atoms with van der Waals surface area (Å²) in [6.45, 7) is 6.31. The second-order valence-corrected chi connectivity index (χ2v) is 6.82. The summed E-state index contributed by atoms with van der Waals surface area (Å²) >= 11 is 0. The highest BCUT2D eigenvalue weighted by Crippen LogP contribution is 2.27. The number of esters is 1. The molecule has 1 N–H and O–H groups in total. The number of carbonyl (C=O) groups is 2. The van der Waals surface area contributed by atoms with Crippen LogP contribution in [-0.4, -0.2) is 23.7 Å². The van der Waals surface area contributed by atoms with Gasteiger partial charge in [-0.3, -0.25) is 4.79 Å². The normalized spacial score (nSPS) is 12.8. The van der Waals surface area contributed by atoms with Gasteiger partial charge in [0.2, 0.25) is 0 Å². The Kier molecular flexibility index (Phi) is 8.05. The Morgan fingerprint density at radius 2 is 1.71 bits per heavy atom. The van der Waals surface area contributed by atoms with Crippen LogP contribution >= 0.6 is 0 Å². The first-order valence-electron chi connectivity index (χ1n) is 9.66. The van der Waals surface area contributed by atoms with E-state index in [-0.39, 0.29) is 24.4 Å². The van der Waals surface area contributed by atoms with Gasteiger partial charge in [-0.1, -0.05) is 44.2 Å². The molecule has 0 aromatic heterocycles. The fraction of sp³-hybridized carbons (Fsp3) is 0.391. The minimum Gasteiger partial charge on any atom is -0.489 e. The minimum absolute atomic E-state index is 0.152. The first-order valence-corrected chi connectivity index (χ1v) is 9.66. The Morgan fingerprint density at radius 1 is 1.04 bits per heavy atom. The summed E-state index contributed by atoms with van der Waals surface area (Å²) in [5, 5.41) is 9.23. The van der Waals surface area contributed by atoms with Crippen LogP contribution in [0.15, 0.2) is 48.5 Å². The van der Waals surface area contributed by atoms with E-state index in [4.69, 9.17) is 9.47 Å². The van der Waals surface area contributed by atoms with Crippen LogP contribution in [0.2, 0.25) is 0 Å².